The van der Waals surface area contributed by atoms with Crippen molar-refractivity contribution in [3.8, 4) is 0 Å². The molecule has 0 saturated carbocycles. The molecule has 0 aliphatic rings. The quantitative estimate of drug-likeness (QED) is 0.757. The van der Waals surface area contributed by atoms with Crippen LogP contribution in [-0.2, 0) is 6.42 Å². The highest BCUT2D eigenvalue weighted by atomic mass is 35.5. The van der Waals surface area contributed by atoms with Crippen molar-refractivity contribution >= 4 is 11.6 Å². The molecule has 3 heteroatoms. The van der Waals surface area contributed by atoms with Gasteiger partial charge in [-0.05, 0) is 36.8 Å². The van der Waals surface area contributed by atoms with Gasteiger partial charge in [0.15, 0.2) is 0 Å². The molecule has 0 radical (unpaired) electrons. The third-order valence-corrected chi connectivity index (χ3v) is 4.35. The van der Waals surface area contributed by atoms with Crippen LogP contribution < -0.4 is 5.32 Å². The molecule has 0 unspecified atom stereocenters. The van der Waals surface area contributed by atoms with E-state index in [1.54, 1.807) is 12.1 Å². The first-order chi connectivity index (χ1) is 8.94. The van der Waals surface area contributed by atoms with E-state index in [0.29, 0.717) is 23.0 Å². The SMILES string of the molecule is CCC(CC)(CNC(C)C)Cc1c(F)cccc1Cl. The highest BCUT2D eigenvalue weighted by Crippen LogP contribution is 2.34. The molecule has 1 nitrogen and oxygen atoms in total. The Morgan fingerprint density at radius 2 is 1.89 bits per heavy atom. The van der Waals surface area contributed by atoms with Crippen molar-refractivity contribution in [1.82, 2.24) is 5.32 Å². The standard InChI is InChI=1S/C16H25ClFN/c1-5-16(6-2,11-19-12(3)4)10-13-14(17)8-7-9-15(13)18/h7-9,12,19H,5-6,10-11H2,1-4H3. The monoisotopic (exact) mass is 285 g/mol. The third kappa shape index (κ3) is 4.47. The molecule has 108 valence electrons. The van der Waals surface area contributed by atoms with E-state index >= 15 is 0 Å². The van der Waals surface area contributed by atoms with E-state index in [9.17, 15) is 4.39 Å². The zero-order valence-corrected chi connectivity index (χ0v) is 13.1. The highest BCUT2D eigenvalue weighted by molar-refractivity contribution is 6.31. The maximum atomic E-state index is 13.9. The van der Waals surface area contributed by atoms with Crippen LogP contribution in [0.15, 0.2) is 18.2 Å². The number of nitrogens with one attached hydrogen (secondary N) is 1. The summed E-state index contributed by atoms with van der Waals surface area (Å²) >= 11 is 6.15. The molecule has 1 aromatic rings. The van der Waals surface area contributed by atoms with E-state index in [1.807, 2.05) is 0 Å². The van der Waals surface area contributed by atoms with Crippen LogP contribution in [0, 0.1) is 11.2 Å². The smallest absolute Gasteiger partial charge is 0.127 e. The first-order valence-corrected chi connectivity index (χ1v) is 7.48. The number of hydrogen-bond donors (Lipinski definition) is 1. The zero-order valence-electron chi connectivity index (χ0n) is 12.4. The third-order valence-electron chi connectivity index (χ3n) is 4.00. The van der Waals surface area contributed by atoms with Crippen LogP contribution >= 0.6 is 11.6 Å². The maximum absolute atomic E-state index is 13.9. The fourth-order valence-corrected chi connectivity index (χ4v) is 2.54. The van der Waals surface area contributed by atoms with Gasteiger partial charge < -0.3 is 5.32 Å². The van der Waals surface area contributed by atoms with E-state index in [0.717, 1.165) is 19.4 Å². The fraction of sp³-hybridized carbons (Fsp3) is 0.625. The average Bonchev–Trinajstić information content (AvgIpc) is 2.38. The molecule has 0 aliphatic heterocycles. The summed E-state index contributed by atoms with van der Waals surface area (Å²) in [5, 5.41) is 4.02. The largest absolute Gasteiger partial charge is 0.314 e. The molecule has 0 aromatic heterocycles. The van der Waals surface area contributed by atoms with E-state index in [4.69, 9.17) is 11.6 Å². The van der Waals surface area contributed by atoms with Crippen LogP contribution in [0.2, 0.25) is 5.02 Å². The van der Waals surface area contributed by atoms with E-state index < -0.39 is 0 Å². The molecule has 0 amide bonds. The van der Waals surface area contributed by atoms with Crippen LogP contribution in [0.1, 0.15) is 46.1 Å². The molecule has 0 saturated heterocycles. The van der Waals surface area contributed by atoms with Crippen molar-refractivity contribution in [2.24, 2.45) is 5.41 Å². The Morgan fingerprint density at radius 3 is 2.37 bits per heavy atom. The zero-order chi connectivity index (χ0) is 14.5. The predicted molar refractivity (Wildman–Crippen MR) is 81.3 cm³/mol. The Kier molecular flexibility index (Phi) is 6.28. The second-order valence-electron chi connectivity index (χ2n) is 5.62. The van der Waals surface area contributed by atoms with Gasteiger partial charge in [0, 0.05) is 23.2 Å². The second kappa shape index (κ2) is 7.25. The summed E-state index contributed by atoms with van der Waals surface area (Å²) in [4.78, 5) is 0. The Labute approximate surface area is 121 Å². The Bertz CT molecular complexity index is 379. The van der Waals surface area contributed by atoms with Gasteiger partial charge in [0.25, 0.3) is 0 Å². The Balaban J connectivity index is 2.94. The predicted octanol–water partition coefficient (Wildman–Crippen LogP) is 4.83. The van der Waals surface area contributed by atoms with Crippen molar-refractivity contribution in [2.75, 3.05) is 6.54 Å². The molecular formula is C16H25ClFN. The topological polar surface area (TPSA) is 12.0 Å². The molecule has 0 spiro atoms. The first kappa shape index (κ1) is 16.5. The minimum atomic E-state index is -0.191. The fourth-order valence-electron chi connectivity index (χ4n) is 2.31. The summed E-state index contributed by atoms with van der Waals surface area (Å²) < 4.78 is 13.9. The van der Waals surface area contributed by atoms with Gasteiger partial charge in [-0.1, -0.05) is 45.4 Å². The molecule has 1 N–H and O–H groups in total. The minimum Gasteiger partial charge on any atom is -0.314 e. The highest BCUT2D eigenvalue weighted by Gasteiger charge is 2.28. The maximum Gasteiger partial charge on any atom is 0.127 e. The van der Waals surface area contributed by atoms with Crippen molar-refractivity contribution in [3.63, 3.8) is 0 Å². The molecule has 0 aliphatic carbocycles. The van der Waals surface area contributed by atoms with Gasteiger partial charge in [-0.2, -0.15) is 0 Å². The lowest BCUT2D eigenvalue weighted by atomic mass is 9.76. The van der Waals surface area contributed by atoms with Crippen LogP contribution in [0.3, 0.4) is 0 Å². The van der Waals surface area contributed by atoms with Crippen molar-refractivity contribution < 1.29 is 4.39 Å². The van der Waals surface area contributed by atoms with Crippen molar-refractivity contribution in [2.45, 2.75) is 53.0 Å². The molecule has 0 bridgehead atoms. The number of hydrogen-bond acceptors (Lipinski definition) is 1. The Morgan fingerprint density at radius 1 is 1.26 bits per heavy atom. The van der Waals surface area contributed by atoms with Crippen LogP contribution in [0.25, 0.3) is 0 Å². The molecule has 1 rings (SSSR count). The summed E-state index contributed by atoms with van der Waals surface area (Å²) in [6, 6.07) is 5.36. The minimum absolute atomic E-state index is 0.0656. The van der Waals surface area contributed by atoms with Crippen molar-refractivity contribution in [3.05, 3.63) is 34.6 Å². The molecule has 0 heterocycles. The molecule has 0 fully saturated rings. The molecule has 1 aromatic carbocycles. The first-order valence-electron chi connectivity index (χ1n) is 7.10. The number of rotatable bonds is 7. The van der Waals surface area contributed by atoms with E-state index in [2.05, 4.69) is 33.0 Å². The van der Waals surface area contributed by atoms with Gasteiger partial charge in [0.2, 0.25) is 0 Å². The van der Waals surface area contributed by atoms with Gasteiger partial charge in [-0.25, -0.2) is 4.39 Å². The van der Waals surface area contributed by atoms with Crippen LogP contribution in [-0.4, -0.2) is 12.6 Å². The van der Waals surface area contributed by atoms with Crippen LogP contribution in [0.5, 0.6) is 0 Å². The molecule has 0 atom stereocenters. The summed E-state index contributed by atoms with van der Waals surface area (Å²) in [5.41, 5.74) is 0.717. The van der Waals surface area contributed by atoms with Gasteiger partial charge >= 0.3 is 0 Å². The number of halogens is 2. The lowest BCUT2D eigenvalue weighted by molar-refractivity contribution is 0.237. The van der Waals surface area contributed by atoms with Gasteiger partial charge in [-0.3, -0.25) is 0 Å². The van der Waals surface area contributed by atoms with E-state index in [-0.39, 0.29) is 11.2 Å². The van der Waals surface area contributed by atoms with E-state index in [1.165, 1.54) is 6.07 Å². The van der Waals surface area contributed by atoms with Crippen LogP contribution in [0.4, 0.5) is 4.39 Å². The Hall–Kier alpha value is -0.600. The van der Waals surface area contributed by atoms with Crippen molar-refractivity contribution in [1.29, 1.82) is 0 Å². The molecule has 19 heavy (non-hydrogen) atoms. The summed E-state index contributed by atoms with van der Waals surface area (Å²) in [6.07, 6.45) is 2.70. The molecular weight excluding hydrogens is 261 g/mol. The van der Waals surface area contributed by atoms with Gasteiger partial charge in [0.05, 0.1) is 0 Å². The lowest BCUT2D eigenvalue weighted by Gasteiger charge is -2.33. The van der Waals surface area contributed by atoms with Gasteiger partial charge in [0.1, 0.15) is 5.82 Å². The summed E-state index contributed by atoms with van der Waals surface area (Å²) in [6.45, 7) is 9.49. The summed E-state index contributed by atoms with van der Waals surface area (Å²) in [5.74, 6) is -0.191. The van der Waals surface area contributed by atoms with Gasteiger partial charge in [-0.15, -0.1) is 0 Å². The lowest BCUT2D eigenvalue weighted by Crippen LogP contribution is -2.38. The second-order valence-corrected chi connectivity index (χ2v) is 6.03. The number of benzene rings is 1. The average molecular weight is 286 g/mol. The normalized spacial score (nSPS) is 12.2. The summed E-state index contributed by atoms with van der Waals surface area (Å²) in [7, 11) is 0.